The number of pyridine rings is 1. The van der Waals surface area contributed by atoms with Crippen LogP contribution in [-0.4, -0.2) is 73.2 Å². The Labute approximate surface area is 229 Å². The fourth-order valence-electron chi connectivity index (χ4n) is 6.17. The van der Waals surface area contributed by atoms with Gasteiger partial charge in [0.25, 0.3) is 0 Å². The number of methoxy groups -OCH3 is 1. The number of ether oxygens (including phenoxy) is 2. The summed E-state index contributed by atoms with van der Waals surface area (Å²) < 4.78 is 13.2. The Bertz CT molecular complexity index is 1350. The molecule has 0 radical (unpaired) electrons. The number of nitrogens with one attached hydrogen (secondary N) is 2. The molecule has 0 aliphatic carbocycles. The third-order valence-corrected chi connectivity index (χ3v) is 8.22. The molecular formula is C29H37N7O3. The van der Waals surface area contributed by atoms with E-state index in [1.165, 1.54) is 22.5 Å². The molecule has 0 atom stereocenters. The second kappa shape index (κ2) is 10.8. The number of carbonyl (C=O) groups excluding carboxylic acids is 1. The molecule has 10 nitrogen and oxygen atoms in total. The molecule has 2 aromatic heterocycles. The van der Waals surface area contributed by atoms with Gasteiger partial charge in [-0.25, -0.2) is 9.78 Å². The molecule has 2 N–H and O–H groups in total. The van der Waals surface area contributed by atoms with Crippen LogP contribution in [-0.2, 0) is 24.1 Å². The number of fused-ring (bicyclic) bond motifs is 2. The summed E-state index contributed by atoms with van der Waals surface area (Å²) >= 11 is 0. The molecule has 0 unspecified atom stereocenters. The summed E-state index contributed by atoms with van der Waals surface area (Å²) in [6.45, 7) is 3.67. The largest absolute Gasteiger partial charge is 0.481 e. The molecule has 2 amide bonds. The van der Waals surface area contributed by atoms with Crippen LogP contribution in [0.15, 0.2) is 30.5 Å². The van der Waals surface area contributed by atoms with E-state index in [9.17, 15) is 4.79 Å². The summed E-state index contributed by atoms with van der Waals surface area (Å²) in [5.74, 6) is 1.58. The van der Waals surface area contributed by atoms with Crippen molar-refractivity contribution in [1.29, 1.82) is 0 Å². The predicted molar refractivity (Wildman–Crippen MR) is 151 cm³/mol. The van der Waals surface area contributed by atoms with Gasteiger partial charge in [-0.2, -0.15) is 5.10 Å². The molecule has 206 valence electrons. The number of hydrogen-bond donors (Lipinski definition) is 2. The van der Waals surface area contributed by atoms with Crippen molar-refractivity contribution in [1.82, 2.24) is 25.0 Å². The van der Waals surface area contributed by atoms with Gasteiger partial charge in [-0.3, -0.25) is 4.68 Å². The van der Waals surface area contributed by atoms with Gasteiger partial charge in [-0.1, -0.05) is 0 Å². The van der Waals surface area contributed by atoms with Crippen molar-refractivity contribution in [2.75, 3.05) is 57.7 Å². The molecule has 1 saturated heterocycles. The molecule has 1 fully saturated rings. The van der Waals surface area contributed by atoms with Crippen LogP contribution in [0.5, 0.6) is 5.88 Å². The topological polar surface area (TPSA) is 96.8 Å². The number of amides is 2. The van der Waals surface area contributed by atoms with Crippen LogP contribution in [0.1, 0.15) is 42.1 Å². The Hall–Kier alpha value is -3.79. The van der Waals surface area contributed by atoms with E-state index in [4.69, 9.17) is 14.6 Å². The molecule has 10 heteroatoms. The lowest BCUT2D eigenvalue weighted by Crippen LogP contribution is -2.42. The van der Waals surface area contributed by atoms with Gasteiger partial charge in [-0.15, -0.1) is 0 Å². The molecule has 3 aliphatic rings. The lowest BCUT2D eigenvalue weighted by Gasteiger charge is -2.33. The van der Waals surface area contributed by atoms with Gasteiger partial charge >= 0.3 is 6.03 Å². The maximum Gasteiger partial charge on any atom is 0.317 e. The Morgan fingerprint density at radius 3 is 2.69 bits per heavy atom. The Balaban J connectivity index is 1.43. The maximum absolute atomic E-state index is 12.6. The molecule has 5 heterocycles. The molecule has 39 heavy (non-hydrogen) atoms. The van der Waals surface area contributed by atoms with Gasteiger partial charge in [0, 0.05) is 92.8 Å². The fourth-order valence-corrected chi connectivity index (χ4v) is 6.17. The second-order valence-corrected chi connectivity index (χ2v) is 10.4. The lowest BCUT2D eigenvalue weighted by molar-refractivity contribution is 0.0651. The molecule has 0 spiro atoms. The normalized spacial score (nSPS) is 17.4. The van der Waals surface area contributed by atoms with Gasteiger partial charge in [0.1, 0.15) is 0 Å². The van der Waals surface area contributed by atoms with Crippen LogP contribution in [0.2, 0.25) is 0 Å². The average molecular weight is 532 g/mol. The SMILES string of the molecule is CNC(=O)N1CCc2c(c(N3CCCc4cc(-c5ccc(OC)nc5)c(NC)cc43)nn2C2CCOCC2)C1. The number of anilines is 3. The Kier molecular flexibility index (Phi) is 7.03. The van der Waals surface area contributed by atoms with Gasteiger partial charge in [0.15, 0.2) is 5.82 Å². The van der Waals surface area contributed by atoms with Crippen molar-refractivity contribution >= 4 is 23.2 Å². The van der Waals surface area contributed by atoms with Crippen molar-refractivity contribution in [2.24, 2.45) is 0 Å². The molecule has 6 rings (SSSR count). The summed E-state index contributed by atoms with van der Waals surface area (Å²) in [5.41, 5.74) is 8.10. The van der Waals surface area contributed by atoms with E-state index in [-0.39, 0.29) is 6.03 Å². The highest BCUT2D eigenvalue weighted by atomic mass is 16.5. The standard InChI is InChI=1S/C29H37N7O3/c1-30-24-16-26-19(15-22(24)20-6-7-27(38-3)32-17-20)5-4-11-35(26)28-23-18-34(29(37)31-2)12-8-25(23)36(33-28)21-9-13-39-14-10-21/h6-7,15-17,21,30H,4-5,8-14,18H2,1-3H3,(H,31,37). The highest BCUT2D eigenvalue weighted by Gasteiger charge is 2.34. The van der Waals surface area contributed by atoms with Crippen molar-refractivity contribution in [3.8, 4) is 17.0 Å². The maximum atomic E-state index is 12.6. The second-order valence-electron chi connectivity index (χ2n) is 10.4. The smallest absolute Gasteiger partial charge is 0.317 e. The summed E-state index contributed by atoms with van der Waals surface area (Å²) in [4.78, 5) is 21.3. The molecule has 1 aromatic carbocycles. The van der Waals surface area contributed by atoms with E-state index >= 15 is 0 Å². The summed E-state index contributed by atoms with van der Waals surface area (Å²) in [5, 5.41) is 11.5. The third-order valence-electron chi connectivity index (χ3n) is 8.22. The van der Waals surface area contributed by atoms with Crippen molar-refractivity contribution in [3.05, 3.63) is 47.3 Å². The fraction of sp³-hybridized carbons (Fsp3) is 0.483. The van der Waals surface area contributed by atoms with Crippen molar-refractivity contribution in [3.63, 3.8) is 0 Å². The van der Waals surface area contributed by atoms with Gasteiger partial charge in [0.05, 0.1) is 19.7 Å². The highest BCUT2D eigenvalue weighted by Crippen LogP contribution is 2.43. The van der Waals surface area contributed by atoms with E-state index in [0.29, 0.717) is 25.0 Å². The zero-order chi connectivity index (χ0) is 26.9. The molecule has 3 aliphatic heterocycles. The van der Waals surface area contributed by atoms with Gasteiger partial charge in [-0.05, 0) is 49.4 Å². The first kappa shape index (κ1) is 25.5. The number of hydrogen-bond acceptors (Lipinski definition) is 7. The van der Waals surface area contributed by atoms with E-state index in [2.05, 4.69) is 37.3 Å². The first-order valence-corrected chi connectivity index (χ1v) is 13.9. The van der Waals surface area contributed by atoms with E-state index in [1.807, 2.05) is 30.3 Å². The van der Waals surface area contributed by atoms with Crippen LogP contribution >= 0.6 is 0 Å². The van der Waals surface area contributed by atoms with Crippen LogP contribution in [0, 0.1) is 0 Å². The molecule has 3 aromatic rings. The zero-order valence-corrected chi connectivity index (χ0v) is 23.0. The van der Waals surface area contributed by atoms with Crippen LogP contribution in [0.4, 0.5) is 22.0 Å². The number of aryl methyl sites for hydroxylation is 1. The average Bonchev–Trinajstić information content (AvgIpc) is 3.38. The Morgan fingerprint density at radius 2 is 1.97 bits per heavy atom. The lowest BCUT2D eigenvalue weighted by atomic mass is 9.94. The van der Waals surface area contributed by atoms with Crippen LogP contribution < -0.4 is 20.3 Å². The molecular weight excluding hydrogens is 494 g/mol. The minimum absolute atomic E-state index is 0.0420. The number of rotatable bonds is 5. The molecule has 0 bridgehead atoms. The van der Waals surface area contributed by atoms with E-state index in [0.717, 1.165) is 74.5 Å². The highest BCUT2D eigenvalue weighted by molar-refractivity contribution is 5.84. The van der Waals surface area contributed by atoms with E-state index in [1.54, 1.807) is 14.2 Å². The number of urea groups is 1. The first-order valence-electron chi connectivity index (χ1n) is 13.9. The summed E-state index contributed by atoms with van der Waals surface area (Å²) in [7, 11) is 5.28. The van der Waals surface area contributed by atoms with Gasteiger partial charge in [0.2, 0.25) is 5.88 Å². The van der Waals surface area contributed by atoms with Crippen molar-refractivity contribution in [2.45, 2.75) is 44.7 Å². The quantitative estimate of drug-likeness (QED) is 0.511. The molecule has 0 saturated carbocycles. The van der Waals surface area contributed by atoms with Gasteiger partial charge < -0.3 is 29.9 Å². The van der Waals surface area contributed by atoms with Crippen LogP contribution in [0.3, 0.4) is 0 Å². The minimum Gasteiger partial charge on any atom is -0.481 e. The summed E-state index contributed by atoms with van der Waals surface area (Å²) in [6, 6.07) is 8.76. The zero-order valence-electron chi connectivity index (χ0n) is 23.0. The number of benzene rings is 1. The summed E-state index contributed by atoms with van der Waals surface area (Å²) in [6.07, 6.45) is 6.63. The first-order chi connectivity index (χ1) is 19.1. The monoisotopic (exact) mass is 531 g/mol. The predicted octanol–water partition coefficient (Wildman–Crippen LogP) is 4.13. The minimum atomic E-state index is -0.0420. The van der Waals surface area contributed by atoms with Crippen LogP contribution in [0.25, 0.3) is 11.1 Å². The number of carbonyl (C=O) groups is 1. The third kappa shape index (κ3) is 4.67. The number of nitrogens with zero attached hydrogens (tertiary/aromatic N) is 5. The van der Waals surface area contributed by atoms with E-state index < -0.39 is 0 Å². The van der Waals surface area contributed by atoms with Crippen molar-refractivity contribution < 1.29 is 14.3 Å². The number of aromatic nitrogens is 3. The Morgan fingerprint density at radius 1 is 1.13 bits per heavy atom.